The number of aliphatic carboxylic acids is 1. The summed E-state index contributed by atoms with van der Waals surface area (Å²) in [4.78, 5) is 26.6. The Hall–Kier alpha value is -4.23. The smallest absolute Gasteiger partial charge is 0.308 e. The first kappa shape index (κ1) is 28.3. The number of fused-ring (bicyclic) bond motifs is 1. The number of rotatable bonds is 13. The molecule has 5 rings (SSSR count). The summed E-state index contributed by atoms with van der Waals surface area (Å²) >= 11 is 1.54. The number of carbonyl (C=O) groups is 2. The Labute approximate surface area is 245 Å². The van der Waals surface area contributed by atoms with E-state index in [1.165, 1.54) is 11.1 Å². The number of nitrogens with one attached hydrogen (secondary N) is 2. The largest absolute Gasteiger partial charge is 0.481 e. The zero-order valence-electron chi connectivity index (χ0n) is 22.9. The minimum atomic E-state index is -0.876. The van der Waals surface area contributed by atoms with Gasteiger partial charge in [0.15, 0.2) is 4.99 Å². The summed E-state index contributed by atoms with van der Waals surface area (Å²) in [5.41, 5.74) is 5.13. The maximum absolute atomic E-state index is 13.7. The highest BCUT2D eigenvalue weighted by Gasteiger charge is 2.38. The molecule has 0 saturated heterocycles. The second kappa shape index (κ2) is 13.4. The van der Waals surface area contributed by atoms with Crippen LogP contribution in [0.3, 0.4) is 0 Å². The van der Waals surface area contributed by atoms with Crippen LogP contribution in [0.25, 0.3) is 0 Å². The molecule has 0 spiro atoms. The zero-order chi connectivity index (χ0) is 28.5. The van der Waals surface area contributed by atoms with Crippen molar-refractivity contribution in [1.82, 2.24) is 4.90 Å². The van der Waals surface area contributed by atoms with E-state index in [2.05, 4.69) is 34.9 Å². The van der Waals surface area contributed by atoms with E-state index in [1.807, 2.05) is 95.9 Å². The van der Waals surface area contributed by atoms with Gasteiger partial charge in [-0.05, 0) is 41.0 Å². The van der Waals surface area contributed by atoms with Crippen LogP contribution in [0.2, 0.25) is 0 Å². The van der Waals surface area contributed by atoms with Crippen molar-refractivity contribution in [1.29, 1.82) is 0 Å². The highest BCUT2D eigenvalue weighted by atomic mass is 32.2. The fraction of sp³-hybridized carbons (Fsp3) is 0.235. The van der Waals surface area contributed by atoms with Gasteiger partial charge in [0.1, 0.15) is 0 Å². The van der Waals surface area contributed by atoms with Gasteiger partial charge in [0.25, 0.3) is 0 Å². The van der Waals surface area contributed by atoms with Crippen molar-refractivity contribution < 1.29 is 14.7 Å². The number of thioether (sulfide) groups is 1. The second-order valence-electron chi connectivity index (χ2n) is 10.3. The van der Waals surface area contributed by atoms with Crippen molar-refractivity contribution in [3.05, 3.63) is 132 Å². The number of para-hydroxylation sites is 2. The van der Waals surface area contributed by atoms with Gasteiger partial charge in [0.05, 0.1) is 24.2 Å². The highest BCUT2D eigenvalue weighted by Crippen LogP contribution is 2.42. The number of nitrogens with zero attached hydrogens (tertiary/aromatic N) is 1. The fourth-order valence-corrected chi connectivity index (χ4v) is 6.50. The topological polar surface area (TPSA) is 81.7 Å². The molecular weight excluding hydrogens is 530 g/mol. The lowest BCUT2D eigenvalue weighted by Crippen LogP contribution is -2.41. The van der Waals surface area contributed by atoms with Gasteiger partial charge in [-0.15, -0.1) is 11.8 Å². The van der Waals surface area contributed by atoms with Gasteiger partial charge in [-0.25, -0.2) is 0 Å². The quantitative estimate of drug-likeness (QED) is 0.157. The molecule has 0 radical (unpaired) electrons. The molecular formula is C34H35N3O3S. The van der Waals surface area contributed by atoms with Crippen LogP contribution in [0.15, 0.2) is 115 Å². The molecule has 7 heteroatoms. The summed E-state index contributed by atoms with van der Waals surface area (Å²) in [6.07, 6.45) is 0.987. The Morgan fingerprint density at radius 2 is 1.27 bits per heavy atom. The summed E-state index contributed by atoms with van der Waals surface area (Å²) < 4.78 is 0. The molecule has 4 aromatic carbocycles. The number of hydrogen-bond acceptors (Lipinski definition) is 5. The maximum Gasteiger partial charge on any atom is 0.308 e. The molecule has 1 heterocycles. The summed E-state index contributed by atoms with van der Waals surface area (Å²) in [6.45, 7) is 1.14. The molecule has 4 aromatic rings. The lowest BCUT2D eigenvalue weighted by atomic mass is 9.90. The Bertz CT molecular complexity index is 1370. The van der Waals surface area contributed by atoms with E-state index in [0.717, 1.165) is 23.4 Å². The van der Waals surface area contributed by atoms with Gasteiger partial charge in [0.2, 0.25) is 5.91 Å². The summed E-state index contributed by atoms with van der Waals surface area (Å²) in [7, 11) is 0. The Morgan fingerprint density at radius 3 is 1.80 bits per heavy atom. The molecule has 0 unspecified atom stereocenters. The predicted molar refractivity (Wildman–Crippen MR) is 167 cm³/mol. The van der Waals surface area contributed by atoms with E-state index in [4.69, 9.17) is 0 Å². The predicted octanol–water partition coefficient (Wildman–Crippen LogP) is 6.68. The fourth-order valence-electron chi connectivity index (χ4n) is 5.29. The SMILES string of the molecule is O=C(O)CC1(SCCCN(CC(c2ccccc2)c2ccccc2)C(=O)Cc2ccccc2)Nc2ccccc2N1. The third-order valence-electron chi connectivity index (χ3n) is 7.28. The summed E-state index contributed by atoms with van der Waals surface area (Å²) in [5, 5.41) is 16.4. The van der Waals surface area contributed by atoms with E-state index in [9.17, 15) is 14.7 Å². The van der Waals surface area contributed by atoms with Crippen LogP contribution in [-0.2, 0) is 16.0 Å². The molecule has 0 saturated carbocycles. The number of benzene rings is 4. The normalized spacial score (nSPS) is 13.2. The third kappa shape index (κ3) is 7.50. The van der Waals surface area contributed by atoms with Crippen LogP contribution in [0.1, 0.15) is 35.4 Å². The number of hydrogen-bond donors (Lipinski definition) is 3. The molecule has 0 aliphatic carbocycles. The van der Waals surface area contributed by atoms with E-state index >= 15 is 0 Å². The van der Waals surface area contributed by atoms with Crippen molar-refractivity contribution in [2.24, 2.45) is 0 Å². The Morgan fingerprint density at radius 1 is 0.756 bits per heavy atom. The second-order valence-corrected chi connectivity index (χ2v) is 11.7. The van der Waals surface area contributed by atoms with Gasteiger partial charge < -0.3 is 20.6 Å². The zero-order valence-corrected chi connectivity index (χ0v) is 23.7. The molecule has 1 aliphatic rings. The van der Waals surface area contributed by atoms with Crippen molar-refractivity contribution in [3.8, 4) is 0 Å². The molecule has 0 atom stereocenters. The van der Waals surface area contributed by atoms with Crippen LogP contribution in [0, 0.1) is 0 Å². The highest BCUT2D eigenvalue weighted by molar-refractivity contribution is 8.00. The molecule has 210 valence electrons. The van der Waals surface area contributed by atoms with E-state index in [1.54, 1.807) is 11.8 Å². The lowest BCUT2D eigenvalue weighted by Gasteiger charge is -2.31. The van der Waals surface area contributed by atoms with Gasteiger partial charge in [0, 0.05) is 19.0 Å². The third-order valence-corrected chi connectivity index (χ3v) is 8.61. The van der Waals surface area contributed by atoms with Gasteiger partial charge >= 0.3 is 5.97 Å². The molecule has 0 aromatic heterocycles. The number of anilines is 2. The van der Waals surface area contributed by atoms with Crippen molar-refractivity contribution in [3.63, 3.8) is 0 Å². The van der Waals surface area contributed by atoms with Crippen molar-refractivity contribution in [2.45, 2.75) is 30.2 Å². The molecule has 1 aliphatic heterocycles. The van der Waals surface area contributed by atoms with Crippen LogP contribution in [0.5, 0.6) is 0 Å². The average molecular weight is 566 g/mol. The van der Waals surface area contributed by atoms with Crippen molar-refractivity contribution >= 4 is 35.0 Å². The van der Waals surface area contributed by atoms with Gasteiger partial charge in [-0.3, -0.25) is 9.59 Å². The van der Waals surface area contributed by atoms with E-state index < -0.39 is 11.0 Å². The summed E-state index contributed by atoms with van der Waals surface area (Å²) in [6, 6.07) is 38.3. The summed E-state index contributed by atoms with van der Waals surface area (Å²) in [5.74, 6) is -0.0743. The minimum Gasteiger partial charge on any atom is -0.481 e. The minimum absolute atomic E-state index is 0.0378. The Balaban J connectivity index is 1.31. The molecule has 41 heavy (non-hydrogen) atoms. The first-order valence-corrected chi connectivity index (χ1v) is 14.9. The molecule has 3 N–H and O–H groups in total. The maximum atomic E-state index is 13.7. The first-order chi connectivity index (χ1) is 20.0. The van der Waals surface area contributed by atoms with Crippen LogP contribution >= 0.6 is 11.8 Å². The van der Waals surface area contributed by atoms with E-state index in [0.29, 0.717) is 25.3 Å². The monoisotopic (exact) mass is 565 g/mol. The van der Waals surface area contributed by atoms with Gasteiger partial charge in [-0.2, -0.15) is 0 Å². The van der Waals surface area contributed by atoms with Crippen LogP contribution in [0.4, 0.5) is 11.4 Å². The van der Waals surface area contributed by atoms with Gasteiger partial charge in [-0.1, -0.05) is 103 Å². The first-order valence-electron chi connectivity index (χ1n) is 13.9. The standard InChI is InChI=1S/C34H35N3O3S/c38-32(23-26-13-4-1-5-14-26)37(25-29(27-15-6-2-7-16-27)28-17-8-3-9-18-28)21-12-22-41-34(24-33(39)40)35-30-19-10-11-20-31(30)36-34/h1-11,13-20,29,35-36H,12,21-25H2,(H,39,40). The Kier molecular flexibility index (Phi) is 9.26. The lowest BCUT2D eigenvalue weighted by molar-refractivity contribution is -0.137. The molecule has 0 fully saturated rings. The number of carboxylic acid groups (broad SMARTS) is 1. The van der Waals surface area contributed by atoms with Crippen LogP contribution in [-0.4, -0.2) is 45.7 Å². The number of carbonyl (C=O) groups excluding carboxylic acids is 1. The average Bonchev–Trinajstić information content (AvgIpc) is 3.35. The molecule has 6 nitrogen and oxygen atoms in total. The number of carboxylic acids is 1. The van der Waals surface area contributed by atoms with Crippen molar-refractivity contribution in [2.75, 3.05) is 29.5 Å². The molecule has 1 amide bonds. The van der Waals surface area contributed by atoms with E-state index in [-0.39, 0.29) is 18.2 Å². The number of amides is 1. The molecule has 0 bridgehead atoms. The van der Waals surface area contributed by atoms with Crippen LogP contribution < -0.4 is 10.6 Å².